The molecule has 0 aliphatic heterocycles. The predicted molar refractivity (Wildman–Crippen MR) is 89.3 cm³/mol. The third-order valence-electron chi connectivity index (χ3n) is 3.60. The van der Waals surface area contributed by atoms with Crippen LogP contribution < -0.4 is 10.4 Å². The molecule has 0 radical (unpaired) electrons. The molecular formula is C18H15ClO4. The van der Waals surface area contributed by atoms with E-state index >= 15 is 0 Å². The van der Waals surface area contributed by atoms with Gasteiger partial charge in [-0.15, -0.1) is 0 Å². The molecule has 2 aromatic carbocycles. The van der Waals surface area contributed by atoms with E-state index in [9.17, 15) is 9.90 Å². The Morgan fingerprint density at radius 2 is 1.87 bits per heavy atom. The molecule has 1 aromatic heterocycles. The molecule has 0 bridgehead atoms. The van der Waals surface area contributed by atoms with Crippen molar-refractivity contribution < 1.29 is 14.3 Å². The fourth-order valence-electron chi connectivity index (χ4n) is 2.46. The van der Waals surface area contributed by atoms with Gasteiger partial charge in [-0.1, -0.05) is 30.7 Å². The summed E-state index contributed by atoms with van der Waals surface area (Å²) < 4.78 is 11.1. The van der Waals surface area contributed by atoms with Gasteiger partial charge in [-0.05, 0) is 42.8 Å². The molecule has 1 unspecified atom stereocenters. The van der Waals surface area contributed by atoms with Crippen molar-refractivity contribution in [3.63, 3.8) is 0 Å². The molecule has 0 spiro atoms. The first-order valence-corrected chi connectivity index (χ1v) is 7.65. The summed E-state index contributed by atoms with van der Waals surface area (Å²) in [6, 6.07) is 13.7. The van der Waals surface area contributed by atoms with Crippen LogP contribution in [0.2, 0.25) is 5.02 Å². The number of fused-ring (bicyclic) bond motifs is 1. The number of halogens is 1. The maximum Gasteiger partial charge on any atom is 0.347 e. The van der Waals surface area contributed by atoms with Crippen molar-refractivity contribution in [2.45, 2.75) is 19.4 Å². The highest BCUT2D eigenvalue weighted by molar-refractivity contribution is 6.30. The minimum Gasteiger partial charge on any atom is -0.506 e. The van der Waals surface area contributed by atoms with Crippen molar-refractivity contribution in [3.8, 4) is 11.5 Å². The normalized spacial score (nSPS) is 12.3. The van der Waals surface area contributed by atoms with E-state index in [0.29, 0.717) is 28.2 Å². The highest BCUT2D eigenvalue weighted by atomic mass is 35.5. The van der Waals surface area contributed by atoms with Crippen molar-refractivity contribution in [2.75, 3.05) is 0 Å². The SMILES string of the molecule is CCC(Oc1ccc(Cl)cc1)c1c(O)c2ccccc2oc1=O. The molecule has 0 fully saturated rings. The van der Waals surface area contributed by atoms with Gasteiger partial charge in [-0.25, -0.2) is 4.79 Å². The molecule has 0 saturated heterocycles. The van der Waals surface area contributed by atoms with Crippen molar-refractivity contribution in [1.82, 2.24) is 0 Å². The first-order valence-electron chi connectivity index (χ1n) is 7.27. The van der Waals surface area contributed by atoms with E-state index < -0.39 is 11.7 Å². The van der Waals surface area contributed by atoms with Crippen LogP contribution in [-0.2, 0) is 0 Å². The minimum absolute atomic E-state index is 0.0994. The Bertz CT molecular complexity index is 884. The van der Waals surface area contributed by atoms with Crippen LogP contribution in [0.4, 0.5) is 0 Å². The van der Waals surface area contributed by atoms with Crippen LogP contribution in [0.1, 0.15) is 25.0 Å². The molecule has 0 aliphatic carbocycles. The lowest BCUT2D eigenvalue weighted by molar-refractivity contribution is 0.192. The third-order valence-corrected chi connectivity index (χ3v) is 3.86. The topological polar surface area (TPSA) is 59.7 Å². The average molecular weight is 331 g/mol. The number of ether oxygens (including phenoxy) is 1. The predicted octanol–water partition coefficient (Wildman–Crippen LogP) is 4.68. The number of para-hydroxylation sites is 1. The zero-order valence-electron chi connectivity index (χ0n) is 12.5. The Balaban J connectivity index is 2.05. The summed E-state index contributed by atoms with van der Waals surface area (Å²) in [5.74, 6) is 0.464. The Hall–Kier alpha value is -2.46. The lowest BCUT2D eigenvalue weighted by atomic mass is 10.1. The van der Waals surface area contributed by atoms with Crippen molar-refractivity contribution in [1.29, 1.82) is 0 Å². The second kappa shape index (κ2) is 6.34. The molecule has 3 rings (SSSR count). The summed E-state index contributed by atoms with van der Waals surface area (Å²) in [4.78, 5) is 12.3. The average Bonchev–Trinajstić information content (AvgIpc) is 2.55. The van der Waals surface area contributed by atoms with E-state index in [2.05, 4.69) is 0 Å². The summed E-state index contributed by atoms with van der Waals surface area (Å²) in [5, 5.41) is 11.6. The Morgan fingerprint density at radius 3 is 2.57 bits per heavy atom. The van der Waals surface area contributed by atoms with Crippen LogP contribution in [0.3, 0.4) is 0 Å². The molecule has 0 saturated carbocycles. The van der Waals surface area contributed by atoms with Crippen molar-refractivity contribution >= 4 is 22.6 Å². The Kier molecular flexibility index (Phi) is 4.26. The summed E-state index contributed by atoms with van der Waals surface area (Å²) in [6.07, 6.45) is -0.115. The molecule has 118 valence electrons. The molecule has 23 heavy (non-hydrogen) atoms. The van der Waals surface area contributed by atoms with E-state index in [4.69, 9.17) is 20.8 Å². The standard InChI is InChI=1S/C18H15ClO4/c1-2-14(22-12-9-7-11(19)8-10-12)16-17(20)13-5-3-4-6-15(13)23-18(16)21/h3-10,14,20H,2H2,1H3. The van der Waals surface area contributed by atoms with Gasteiger partial charge in [-0.3, -0.25) is 0 Å². The molecule has 1 atom stereocenters. The van der Waals surface area contributed by atoms with Crippen molar-refractivity contribution in [3.05, 3.63) is 69.5 Å². The number of hydrogen-bond donors (Lipinski definition) is 1. The molecule has 1 heterocycles. The van der Waals surface area contributed by atoms with Gasteiger partial charge < -0.3 is 14.3 Å². The van der Waals surface area contributed by atoms with E-state index in [-0.39, 0.29) is 11.3 Å². The summed E-state index contributed by atoms with van der Waals surface area (Å²) in [5.41, 5.74) is -0.122. The second-order valence-corrected chi connectivity index (χ2v) is 5.55. The van der Waals surface area contributed by atoms with E-state index in [1.165, 1.54) is 0 Å². The zero-order chi connectivity index (χ0) is 16.4. The van der Waals surface area contributed by atoms with Gasteiger partial charge in [0.1, 0.15) is 28.7 Å². The molecule has 1 N–H and O–H groups in total. The van der Waals surface area contributed by atoms with Gasteiger partial charge in [0.05, 0.1) is 5.39 Å². The summed E-state index contributed by atoms with van der Waals surface area (Å²) in [6.45, 7) is 1.87. The van der Waals surface area contributed by atoms with Gasteiger partial charge in [-0.2, -0.15) is 0 Å². The summed E-state index contributed by atoms with van der Waals surface area (Å²) >= 11 is 5.85. The first kappa shape index (κ1) is 15.4. The highest BCUT2D eigenvalue weighted by Gasteiger charge is 2.23. The number of benzene rings is 2. The Morgan fingerprint density at radius 1 is 1.17 bits per heavy atom. The maximum absolute atomic E-state index is 12.3. The van der Waals surface area contributed by atoms with Crippen molar-refractivity contribution in [2.24, 2.45) is 0 Å². The summed E-state index contributed by atoms with van der Waals surface area (Å²) in [7, 11) is 0. The first-order chi connectivity index (χ1) is 11.1. The van der Waals surface area contributed by atoms with Crippen LogP contribution >= 0.6 is 11.6 Å². The van der Waals surface area contributed by atoms with Crippen LogP contribution in [0.15, 0.2) is 57.7 Å². The van der Waals surface area contributed by atoms with E-state index in [0.717, 1.165) is 0 Å². The highest BCUT2D eigenvalue weighted by Crippen LogP contribution is 2.33. The van der Waals surface area contributed by atoms with E-state index in [1.54, 1.807) is 48.5 Å². The zero-order valence-corrected chi connectivity index (χ0v) is 13.2. The molecule has 3 aromatic rings. The van der Waals surface area contributed by atoms with Gasteiger partial charge in [0.2, 0.25) is 0 Å². The van der Waals surface area contributed by atoms with E-state index in [1.807, 2.05) is 6.92 Å². The van der Waals surface area contributed by atoms with Gasteiger partial charge in [0, 0.05) is 5.02 Å². The minimum atomic E-state index is -0.614. The lowest BCUT2D eigenvalue weighted by Crippen LogP contribution is -2.17. The van der Waals surface area contributed by atoms with Crippen LogP contribution in [0.25, 0.3) is 11.0 Å². The molecule has 5 heteroatoms. The Labute approximate surface area is 137 Å². The smallest absolute Gasteiger partial charge is 0.347 e. The quantitative estimate of drug-likeness (QED) is 0.705. The number of rotatable bonds is 4. The van der Waals surface area contributed by atoms with Crippen LogP contribution in [0, 0.1) is 0 Å². The largest absolute Gasteiger partial charge is 0.506 e. The molecular weight excluding hydrogens is 316 g/mol. The second-order valence-electron chi connectivity index (χ2n) is 5.12. The van der Waals surface area contributed by atoms with Gasteiger partial charge >= 0.3 is 5.63 Å². The molecule has 4 nitrogen and oxygen atoms in total. The van der Waals surface area contributed by atoms with Crippen LogP contribution in [0.5, 0.6) is 11.5 Å². The number of aromatic hydroxyl groups is 1. The van der Waals surface area contributed by atoms with Gasteiger partial charge in [0.15, 0.2) is 0 Å². The molecule has 0 aliphatic rings. The lowest BCUT2D eigenvalue weighted by Gasteiger charge is -2.18. The van der Waals surface area contributed by atoms with Gasteiger partial charge in [0.25, 0.3) is 0 Å². The number of hydrogen-bond acceptors (Lipinski definition) is 4. The maximum atomic E-state index is 12.3. The van der Waals surface area contributed by atoms with Crippen LogP contribution in [-0.4, -0.2) is 5.11 Å². The monoisotopic (exact) mass is 330 g/mol. The molecule has 0 amide bonds. The fraction of sp³-hybridized carbons (Fsp3) is 0.167. The fourth-order valence-corrected chi connectivity index (χ4v) is 2.58. The third kappa shape index (κ3) is 3.03.